The van der Waals surface area contributed by atoms with Gasteiger partial charge in [-0.25, -0.2) is 13.8 Å². The first-order valence-electron chi connectivity index (χ1n) is 9.63. The number of hydrazone groups is 1. The van der Waals surface area contributed by atoms with Crippen molar-refractivity contribution in [3.05, 3.63) is 99.5 Å². The summed E-state index contributed by atoms with van der Waals surface area (Å²) in [6, 6.07) is 20.2. The van der Waals surface area contributed by atoms with Crippen molar-refractivity contribution in [3.8, 4) is 0 Å². The van der Waals surface area contributed by atoms with Gasteiger partial charge in [0.25, 0.3) is 5.91 Å². The Bertz CT molecular complexity index is 1230. The molecule has 1 amide bonds. The third-order valence-corrected chi connectivity index (χ3v) is 6.75. The zero-order valence-electron chi connectivity index (χ0n) is 17.2. The van der Waals surface area contributed by atoms with Crippen LogP contribution in [0.2, 0.25) is 10.0 Å². The van der Waals surface area contributed by atoms with Crippen LogP contribution in [0.4, 0.5) is 0 Å². The van der Waals surface area contributed by atoms with Crippen molar-refractivity contribution >= 4 is 45.3 Å². The fourth-order valence-electron chi connectivity index (χ4n) is 2.89. The zero-order valence-corrected chi connectivity index (χ0v) is 19.5. The van der Waals surface area contributed by atoms with Crippen molar-refractivity contribution < 1.29 is 13.2 Å². The van der Waals surface area contributed by atoms with Crippen molar-refractivity contribution in [2.75, 3.05) is 6.54 Å². The van der Waals surface area contributed by atoms with Crippen molar-refractivity contribution in [3.63, 3.8) is 0 Å². The number of nitrogens with zero attached hydrogens (tertiary/aromatic N) is 2. The molecule has 0 aromatic heterocycles. The largest absolute Gasteiger partial charge is 0.272 e. The van der Waals surface area contributed by atoms with Gasteiger partial charge in [-0.05, 0) is 54.4 Å². The summed E-state index contributed by atoms with van der Waals surface area (Å²) in [5.41, 5.74) is 4.65. The lowest BCUT2D eigenvalue weighted by atomic mass is 10.2. The Hall–Kier alpha value is -2.71. The Morgan fingerprint density at radius 3 is 2.31 bits per heavy atom. The number of halogens is 2. The molecule has 3 rings (SSSR count). The van der Waals surface area contributed by atoms with Crippen LogP contribution in [0.15, 0.2) is 82.8 Å². The minimum atomic E-state index is -3.95. The number of amides is 1. The second-order valence-corrected chi connectivity index (χ2v) is 9.88. The molecule has 0 radical (unpaired) electrons. The summed E-state index contributed by atoms with van der Waals surface area (Å²) in [7, 11) is -3.95. The molecule has 0 fully saturated rings. The molecule has 166 valence electrons. The predicted octanol–water partition coefficient (Wildman–Crippen LogP) is 4.64. The Balaban J connectivity index is 1.80. The van der Waals surface area contributed by atoms with Crippen molar-refractivity contribution in [2.24, 2.45) is 5.10 Å². The quantitative estimate of drug-likeness (QED) is 0.369. The number of hydrogen-bond acceptors (Lipinski definition) is 4. The number of aryl methyl sites for hydroxylation is 1. The minimum absolute atomic E-state index is 0.0256. The summed E-state index contributed by atoms with van der Waals surface area (Å²) in [5.74, 6) is -0.582. The Morgan fingerprint density at radius 2 is 1.66 bits per heavy atom. The minimum Gasteiger partial charge on any atom is -0.272 e. The summed E-state index contributed by atoms with van der Waals surface area (Å²) < 4.78 is 27.6. The molecule has 3 aromatic rings. The number of carbonyl (C=O) groups excluding carboxylic acids is 1. The van der Waals surface area contributed by atoms with Gasteiger partial charge in [0.05, 0.1) is 17.7 Å². The number of hydrogen-bond donors (Lipinski definition) is 1. The van der Waals surface area contributed by atoms with Crippen molar-refractivity contribution in [1.82, 2.24) is 9.73 Å². The van der Waals surface area contributed by atoms with E-state index in [1.54, 1.807) is 60.7 Å². The third kappa shape index (κ3) is 6.64. The van der Waals surface area contributed by atoms with E-state index in [4.69, 9.17) is 23.2 Å². The lowest BCUT2D eigenvalue weighted by Crippen LogP contribution is -2.39. The molecular formula is C23H21Cl2N3O3S. The van der Waals surface area contributed by atoms with Gasteiger partial charge in [-0.15, -0.1) is 0 Å². The van der Waals surface area contributed by atoms with Crippen molar-refractivity contribution in [1.29, 1.82) is 0 Å². The van der Waals surface area contributed by atoms with E-state index in [9.17, 15) is 13.2 Å². The van der Waals surface area contributed by atoms with E-state index >= 15 is 0 Å². The highest BCUT2D eigenvalue weighted by molar-refractivity contribution is 7.89. The van der Waals surface area contributed by atoms with Gasteiger partial charge in [0, 0.05) is 16.6 Å². The van der Waals surface area contributed by atoms with Gasteiger partial charge in [0.1, 0.15) is 0 Å². The van der Waals surface area contributed by atoms with Crippen LogP contribution < -0.4 is 5.43 Å². The van der Waals surface area contributed by atoms with Crippen LogP contribution in [0.5, 0.6) is 0 Å². The number of benzene rings is 3. The normalized spacial score (nSPS) is 11.8. The molecule has 32 heavy (non-hydrogen) atoms. The fourth-order valence-corrected chi connectivity index (χ4v) is 4.68. The Morgan fingerprint density at radius 1 is 1.00 bits per heavy atom. The van der Waals surface area contributed by atoms with E-state index in [0.717, 1.165) is 9.87 Å². The number of nitrogens with one attached hydrogen (secondary N) is 1. The Kier molecular flexibility index (Phi) is 8.04. The average Bonchev–Trinajstić information content (AvgIpc) is 2.74. The van der Waals surface area contributed by atoms with Gasteiger partial charge in [-0.2, -0.15) is 9.41 Å². The molecule has 1 N–H and O–H groups in total. The molecule has 0 unspecified atom stereocenters. The molecule has 3 aromatic carbocycles. The highest BCUT2D eigenvalue weighted by Crippen LogP contribution is 2.20. The van der Waals surface area contributed by atoms with Crippen LogP contribution in [0, 0.1) is 6.92 Å². The van der Waals surface area contributed by atoms with E-state index in [1.165, 1.54) is 18.3 Å². The van der Waals surface area contributed by atoms with E-state index in [0.29, 0.717) is 21.2 Å². The Labute approximate surface area is 197 Å². The fraction of sp³-hybridized carbons (Fsp3) is 0.130. The van der Waals surface area contributed by atoms with Gasteiger partial charge in [0.2, 0.25) is 10.0 Å². The molecular weight excluding hydrogens is 469 g/mol. The topological polar surface area (TPSA) is 78.8 Å². The monoisotopic (exact) mass is 489 g/mol. The smallest absolute Gasteiger partial charge is 0.255 e. The standard InChI is InChI=1S/C23H21Cl2N3O3S/c1-17-8-10-22(11-9-17)32(30,31)28(15-19-5-3-7-21(25)13-19)16-23(29)27-26-14-18-4-2-6-20(24)12-18/h2-14H,15-16H2,1H3,(H,27,29)/b26-14-. The molecule has 0 heterocycles. The molecule has 6 nitrogen and oxygen atoms in total. The van der Waals surface area contributed by atoms with Crippen LogP contribution in [0.25, 0.3) is 0 Å². The highest BCUT2D eigenvalue weighted by atomic mass is 35.5. The average molecular weight is 490 g/mol. The molecule has 9 heteroatoms. The van der Waals surface area contributed by atoms with Gasteiger partial charge in [-0.1, -0.05) is 65.2 Å². The summed E-state index contributed by atoms with van der Waals surface area (Å²) in [5, 5.41) is 4.91. The van der Waals surface area contributed by atoms with E-state index in [1.807, 2.05) is 6.92 Å². The molecule has 0 aliphatic rings. The molecule has 0 aliphatic heterocycles. The van der Waals surface area contributed by atoms with Crippen molar-refractivity contribution in [2.45, 2.75) is 18.4 Å². The molecule has 0 saturated heterocycles. The molecule has 0 bridgehead atoms. The number of rotatable bonds is 8. The van der Waals surface area contributed by atoms with E-state index < -0.39 is 22.5 Å². The van der Waals surface area contributed by atoms with Crippen LogP contribution in [-0.2, 0) is 21.4 Å². The molecule has 0 saturated carbocycles. The first-order valence-corrected chi connectivity index (χ1v) is 11.8. The lowest BCUT2D eigenvalue weighted by molar-refractivity contribution is -0.121. The van der Waals surface area contributed by atoms with Gasteiger partial charge in [0.15, 0.2) is 0 Å². The van der Waals surface area contributed by atoms with Crippen LogP contribution >= 0.6 is 23.2 Å². The summed E-state index contributed by atoms with van der Waals surface area (Å²) in [6.07, 6.45) is 1.43. The highest BCUT2D eigenvalue weighted by Gasteiger charge is 2.27. The maximum Gasteiger partial charge on any atom is 0.255 e. The summed E-state index contributed by atoms with van der Waals surface area (Å²) in [4.78, 5) is 12.6. The maximum atomic E-state index is 13.3. The SMILES string of the molecule is Cc1ccc(S(=O)(=O)N(CC(=O)N/N=C\c2cccc(Cl)c2)Cc2cccc(Cl)c2)cc1. The maximum absolute atomic E-state index is 13.3. The van der Waals surface area contributed by atoms with Crippen LogP contribution in [0.3, 0.4) is 0 Å². The first kappa shape index (κ1) is 23.9. The number of sulfonamides is 1. The van der Waals surface area contributed by atoms with E-state index in [-0.39, 0.29) is 11.4 Å². The third-order valence-electron chi connectivity index (χ3n) is 4.48. The molecule has 0 aliphatic carbocycles. The molecule has 0 spiro atoms. The van der Waals surface area contributed by atoms with Gasteiger partial charge >= 0.3 is 0 Å². The van der Waals surface area contributed by atoms with Gasteiger partial charge in [-0.3, -0.25) is 4.79 Å². The summed E-state index contributed by atoms with van der Waals surface area (Å²) in [6.45, 7) is 1.42. The first-order chi connectivity index (χ1) is 15.2. The zero-order chi connectivity index (χ0) is 23.1. The van der Waals surface area contributed by atoms with Crippen LogP contribution in [-0.4, -0.2) is 31.4 Å². The second kappa shape index (κ2) is 10.7. The van der Waals surface area contributed by atoms with E-state index in [2.05, 4.69) is 10.5 Å². The van der Waals surface area contributed by atoms with Gasteiger partial charge < -0.3 is 0 Å². The lowest BCUT2D eigenvalue weighted by Gasteiger charge is -2.21. The predicted molar refractivity (Wildman–Crippen MR) is 127 cm³/mol. The summed E-state index contributed by atoms with van der Waals surface area (Å²) >= 11 is 12.0. The molecule has 0 atom stereocenters. The number of carbonyl (C=O) groups is 1. The second-order valence-electron chi connectivity index (χ2n) is 7.06. The van der Waals surface area contributed by atoms with Crippen LogP contribution in [0.1, 0.15) is 16.7 Å².